The summed E-state index contributed by atoms with van der Waals surface area (Å²) >= 11 is 3.38. The van der Waals surface area contributed by atoms with Gasteiger partial charge in [-0.2, -0.15) is 0 Å². The number of halogens is 2. The molecule has 0 amide bonds. The second-order valence-electron chi connectivity index (χ2n) is 3.42. The van der Waals surface area contributed by atoms with Crippen LogP contribution in [-0.4, -0.2) is 12.4 Å². The van der Waals surface area contributed by atoms with Crippen molar-refractivity contribution in [3.8, 4) is 5.75 Å². The third-order valence-electron chi connectivity index (χ3n) is 2.09. The van der Waals surface area contributed by atoms with Crippen LogP contribution in [0.4, 0.5) is 4.39 Å². The number of rotatable bonds is 4. The van der Waals surface area contributed by atoms with Gasteiger partial charge < -0.3 is 4.74 Å². The lowest BCUT2D eigenvalue weighted by Gasteiger charge is -2.09. The third-order valence-corrected chi connectivity index (χ3v) is 3.20. The molecule has 1 aromatic rings. The van der Waals surface area contributed by atoms with Crippen LogP contribution in [0.2, 0.25) is 0 Å². The van der Waals surface area contributed by atoms with Gasteiger partial charge in [-0.05, 0) is 24.0 Å². The Morgan fingerprint density at radius 3 is 2.71 bits per heavy atom. The molecule has 0 N–H and O–H groups in total. The molecular weight excluding hydrogens is 247 g/mol. The number of benzene rings is 1. The molecule has 0 fully saturated rings. The molecule has 78 valence electrons. The van der Waals surface area contributed by atoms with Crippen molar-refractivity contribution in [3.05, 3.63) is 29.6 Å². The molecule has 0 saturated heterocycles. The van der Waals surface area contributed by atoms with Gasteiger partial charge in [0.25, 0.3) is 0 Å². The molecule has 0 heterocycles. The molecule has 1 atom stereocenters. The van der Waals surface area contributed by atoms with Crippen molar-refractivity contribution in [3.63, 3.8) is 0 Å². The second-order valence-corrected chi connectivity index (χ2v) is 4.07. The molecule has 1 aromatic carbocycles. The summed E-state index contributed by atoms with van der Waals surface area (Å²) in [5.74, 6) is 0.827. The molecule has 1 rings (SSSR count). The van der Waals surface area contributed by atoms with Gasteiger partial charge in [-0.1, -0.05) is 28.9 Å². The maximum atomic E-state index is 13.4. The fourth-order valence-corrected chi connectivity index (χ4v) is 1.48. The summed E-state index contributed by atoms with van der Waals surface area (Å²) < 4.78 is 18.4. The van der Waals surface area contributed by atoms with Crippen molar-refractivity contribution in [2.45, 2.75) is 13.3 Å². The van der Waals surface area contributed by atoms with Crippen LogP contribution in [0.5, 0.6) is 5.75 Å². The lowest BCUT2D eigenvalue weighted by Crippen LogP contribution is -2.02. The first kappa shape index (κ1) is 11.5. The second kappa shape index (κ2) is 5.35. The van der Waals surface area contributed by atoms with Crippen molar-refractivity contribution in [1.29, 1.82) is 0 Å². The Bertz CT molecular complexity index is 301. The summed E-state index contributed by atoms with van der Waals surface area (Å²) in [7, 11) is 1.54. The quantitative estimate of drug-likeness (QED) is 0.755. The first-order valence-electron chi connectivity index (χ1n) is 4.55. The molecule has 0 radical (unpaired) electrons. The predicted molar refractivity (Wildman–Crippen MR) is 59.6 cm³/mol. The van der Waals surface area contributed by atoms with E-state index < -0.39 is 0 Å². The van der Waals surface area contributed by atoms with E-state index in [1.54, 1.807) is 12.1 Å². The van der Waals surface area contributed by atoms with E-state index in [4.69, 9.17) is 4.74 Å². The van der Waals surface area contributed by atoms with E-state index in [1.807, 2.05) is 0 Å². The van der Waals surface area contributed by atoms with Crippen LogP contribution < -0.4 is 4.74 Å². The van der Waals surface area contributed by atoms with E-state index in [9.17, 15) is 4.39 Å². The lowest BCUT2D eigenvalue weighted by atomic mass is 10.0. The minimum absolute atomic E-state index is 0.183. The lowest BCUT2D eigenvalue weighted by molar-refractivity contribution is 0.410. The van der Waals surface area contributed by atoms with E-state index in [2.05, 4.69) is 22.9 Å². The zero-order valence-electron chi connectivity index (χ0n) is 8.39. The molecule has 3 heteroatoms. The van der Waals surface area contributed by atoms with Crippen LogP contribution in [0.15, 0.2) is 18.2 Å². The fraction of sp³-hybridized carbons (Fsp3) is 0.455. The molecule has 0 aliphatic rings. The van der Waals surface area contributed by atoms with Gasteiger partial charge in [0.1, 0.15) is 11.6 Å². The molecule has 0 saturated carbocycles. The Hall–Kier alpha value is -0.570. The number of alkyl halides is 1. The highest BCUT2D eigenvalue weighted by molar-refractivity contribution is 9.09. The Kier molecular flexibility index (Phi) is 4.39. The summed E-state index contributed by atoms with van der Waals surface area (Å²) in [5, 5.41) is 0.887. The molecule has 0 spiro atoms. The third kappa shape index (κ3) is 2.98. The maximum Gasteiger partial charge on any atom is 0.130 e. The summed E-state index contributed by atoms with van der Waals surface area (Å²) in [5.41, 5.74) is 0.748. The largest absolute Gasteiger partial charge is 0.497 e. The highest BCUT2D eigenvalue weighted by Crippen LogP contribution is 2.19. The van der Waals surface area contributed by atoms with Crippen LogP contribution in [-0.2, 0) is 6.42 Å². The van der Waals surface area contributed by atoms with Crippen molar-refractivity contribution in [2.75, 3.05) is 12.4 Å². The van der Waals surface area contributed by atoms with Gasteiger partial charge in [0, 0.05) is 11.4 Å². The number of hydrogen-bond acceptors (Lipinski definition) is 1. The first-order valence-corrected chi connectivity index (χ1v) is 5.68. The Morgan fingerprint density at radius 2 is 2.21 bits per heavy atom. The highest BCUT2D eigenvalue weighted by atomic mass is 79.9. The van der Waals surface area contributed by atoms with E-state index >= 15 is 0 Å². The predicted octanol–water partition coefficient (Wildman–Crippen LogP) is 3.41. The van der Waals surface area contributed by atoms with Crippen LogP contribution >= 0.6 is 15.9 Å². The number of methoxy groups -OCH3 is 1. The average molecular weight is 261 g/mol. The zero-order chi connectivity index (χ0) is 10.6. The summed E-state index contributed by atoms with van der Waals surface area (Å²) in [6.07, 6.45) is 0.751. The molecule has 0 aliphatic heterocycles. The van der Waals surface area contributed by atoms with E-state index in [0.717, 1.165) is 17.3 Å². The minimum atomic E-state index is -0.183. The average Bonchev–Trinajstić information content (AvgIpc) is 2.20. The molecular formula is C11H14BrFO. The molecule has 1 nitrogen and oxygen atoms in total. The standard InChI is InChI=1S/C11H14BrFO/c1-8(7-12)5-9-3-4-10(14-2)6-11(9)13/h3-4,6,8H,5,7H2,1-2H3. The first-order chi connectivity index (χ1) is 6.67. The van der Waals surface area contributed by atoms with Crippen LogP contribution in [0.1, 0.15) is 12.5 Å². The van der Waals surface area contributed by atoms with Gasteiger partial charge in [-0.15, -0.1) is 0 Å². The zero-order valence-corrected chi connectivity index (χ0v) is 9.97. The van der Waals surface area contributed by atoms with Crippen molar-refractivity contribution in [1.82, 2.24) is 0 Å². The fourth-order valence-electron chi connectivity index (χ4n) is 1.25. The van der Waals surface area contributed by atoms with Gasteiger partial charge >= 0.3 is 0 Å². The SMILES string of the molecule is COc1ccc(CC(C)CBr)c(F)c1. The molecule has 1 unspecified atom stereocenters. The normalized spacial score (nSPS) is 12.6. The van der Waals surface area contributed by atoms with Crippen molar-refractivity contribution in [2.24, 2.45) is 5.92 Å². The van der Waals surface area contributed by atoms with Crippen LogP contribution in [0.3, 0.4) is 0 Å². The van der Waals surface area contributed by atoms with E-state index in [1.165, 1.54) is 13.2 Å². The minimum Gasteiger partial charge on any atom is -0.497 e. The van der Waals surface area contributed by atoms with Gasteiger partial charge in [0.05, 0.1) is 7.11 Å². The summed E-state index contributed by atoms with van der Waals surface area (Å²) in [6.45, 7) is 2.08. The van der Waals surface area contributed by atoms with Crippen LogP contribution in [0.25, 0.3) is 0 Å². The van der Waals surface area contributed by atoms with Crippen molar-refractivity contribution >= 4 is 15.9 Å². The van der Waals surface area contributed by atoms with E-state index in [-0.39, 0.29) is 5.82 Å². The van der Waals surface area contributed by atoms with Crippen molar-refractivity contribution < 1.29 is 9.13 Å². The van der Waals surface area contributed by atoms with Crippen LogP contribution in [0, 0.1) is 11.7 Å². The topological polar surface area (TPSA) is 9.23 Å². The molecule has 0 aromatic heterocycles. The smallest absolute Gasteiger partial charge is 0.130 e. The van der Waals surface area contributed by atoms with Gasteiger partial charge in [-0.25, -0.2) is 4.39 Å². The van der Waals surface area contributed by atoms with E-state index in [0.29, 0.717) is 11.7 Å². The Labute approximate surface area is 92.4 Å². The molecule has 0 bridgehead atoms. The Balaban J connectivity index is 2.78. The number of hydrogen-bond donors (Lipinski definition) is 0. The van der Waals surface area contributed by atoms with Gasteiger partial charge in [-0.3, -0.25) is 0 Å². The summed E-state index contributed by atoms with van der Waals surface area (Å²) in [4.78, 5) is 0. The number of ether oxygens (including phenoxy) is 1. The summed E-state index contributed by atoms with van der Waals surface area (Å²) in [6, 6.07) is 5.00. The molecule has 14 heavy (non-hydrogen) atoms. The molecule has 0 aliphatic carbocycles. The highest BCUT2D eigenvalue weighted by Gasteiger charge is 2.07. The van der Waals surface area contributed by atoms with Gasteiger partial charge in [0.15, 0.2) is 0 Å². The monoisotopic (exact) mass is 260 g/mol. The van der Waals surface area contributed by atoms with Gasteiger partial charge in [0.2, 0.25) is 0 Å². The maximum absolute atomic E-state index is 13.4. The Morgan fingerprint density at radius 1 is 1.50 bits per heavy atom.